The zero-order chi connectivity index (χ0) is 11.9. The molecule has 85 valence electrons. The van der Waals surface area contributed by atoms with Crippen molar-refractivity contribution in [1.29, 1.82) is 0 Å². The van der Waals surface area contributed by atoms with Gasteiger partial charge >= 0.3 is 70.6 Å². The Balaban J connectivity index is 0.000000181. The topological polar surface area (TPSA) is 0 Å². The van der Waals surface area contributed by atoms with E-state index in [1.165, 1.54) is 6.42 Å². The van der Waals surface area contributed by atoms with Gasteiger partial charge in [-0.05, 0) is 0 Å². The molecule has 0 saturated carbocycles. The second kappa shape index (κ2) is 6.95. The fraction of sp³-hybridized carbons (Fsp3) is 0.286. The summed E-state index contributed by atoms with van der Waals surface area (Å²) in [6.45, 7) is 7.39. The van der Waals surface area contributed by atoms with Crippen LogP contribution in [0, 0.1) is 0 Å². The van der Waals surface area contributed by atoms with Crippen molar-refractivity contribution < 1.29 is 15.6 Å². The van der Waals surface area contributed by atoms with Crippen molar-refractivity contribution in [2.75, 3.05) is 0 Å². The Hall–Kier alpha value is -0.499. The Morgan fingerprint density at radius 2 is 1.44 bits per heavy atom. The summed E-state index contributed by atoms with van der Waals surface area (Å²) >= 11 is 0.557. The first-order valence-corrected chi connectivity index (χ1v) is 11.9. The molecule has 2 rings (SSSR count). The van der Waals surface area contributed by atoms with Crippen LogP contribution in [0.2, 0.25) is 19.6 Å². The normalized spacial score (nSPS) is 13.8. The molecule has 2 heteroatoms. The maximum Gasteiger partial charge on any atom is -0.0623 e. The van der Waals surface area contributed by atoms with Crippen LogP contribution in [0.4, 0.5) is 0 Å². The largest absolute Gasteiger partial charge is 0.0623 e. The molecule has 1 aromatic carbocycles. The van der Waals surface area contributed by atoms with E-state index in [9.17, 15) is 0 Å². The Labute approximate surface area is 107 Å². The molecule has 1 aliphatic carbocycles. The van der Waals surface area contributed by atoms with E-state index in [0.29, 0.717) is 15.6 Å². The molecule has 0 saturated heterocycles. The Kier molecular flexibility index (Phi) is 5.89. The summed E-state index contributed by atoms with van der Waals surface area (Å²) in [5.41, 5.74) is 0. The molecule has 0 heterocycles. The van der Waals surface area contributed by atoms with Gasteiger partial charge in [-0.15, -0.1) is 0 Å². The van der Waals surface area contributed by atoms with E-state index >= 15 is 0 Å². The number of benzene rings is 1. The summed E-state index contributed by atoms with van der Waals surface area (Å²) in [6.07, 6.45) is 7.30. The predicted molar refractivity (Wildman–Crippen MR) is 71.6 cm³/mol. The van der Waals surface area contributed by atoms with Crippen LogP contribution >= 0.6 is 0 Å². The van der Waals surface area contributed by atoms with E-state index in [1.54, 1.807) is 4.28 Å². The average Bonchev–Trinajstić information content (AvgIpc) is 2.71. The number of hydrogen-bond acceptors (Lipinski definition) is 0. The van der Waals surface area contributed by atoms with Crippen LogP contribution in [0.15, 0.2) is 58.9 Å². The van der Waals surface area contributed by atoms with Gasteiger partial charge in [-0.25, -0.2) is 0 Å². The molecule has 0 bridgehead atoms. The molecule has 1 aliphatic rings. The van der Waals surface area contributed by atoms with Crippen molar-refractivity contribution in [1.82, 2.24) is 0 Å². The quantitative estimate of drug-likeness (QED) is 0.695. The summed E-state index contributed by atoms with van der Waals surface area (Å²) < 4.78 is 1.73. The fourth-order valence-corrected chi connectivity index (χ4v) is 7.47. The van der Waals surface area contributed by atoms with Crippen LogP contribution in [0.25, 0.3) is 0 Å². The summed E-state index contributed by atoms with van der Waals surface area (Å²) in [7, 11) is 0. The molecule has 16 heavy (non-hydrogen) atoms. The molecular weight excluding hydrogens is 247 g/mol. The van der Waals surface area contributed by atoms with Crippen LogP contribution in [0.3, 0.4) is 0 Å². The average molecular weight is 267 g/mol. The molecule has 0 radical (unpaired) electrons. The first-order chi connectivity index (χ1) is 7.58. The number of allylic oxidation sites excluding steroid dienone is 4. The number of rotatable bonds is 2. The second-order valence-corrected chi connectivity index (χ2v) is 17.5. The molecule has 0 fully saturated rings. The Bertz CT molecular complexity index is 320. The molecule has 0 aromatic heterocycles. The van der Waals surface area contributed by atoms with Crippen LogP contribution in [0.1, 0.15) is 6.42 Å². The van der Waals surface area contributed by atoms with Gasteiger partial charge in [0.25, 0.3) is 0 Å². The minimum Gasteiger partial charge on any atom is -0.0623 e. The zero-order valence-electron chi connectivity index (χ0n) is 10.4. The summed E-state index contributed by atoms with van der Waals surface area (Å²) in [4.78, 5) is 0. The van der Waals surface area contributed by atoms with E-state index in [1.807, 2.05) is 36.4 Å². The monoisotopic (exact) mass is 267 g/mol. The summed E-state index contributed by atoms with van der Waals surface area (Å²) in [5, 5.41) is 0. The fourth-order valence-electron chi connectivity index (χ4n) is 1.33. The van der Waals surface area contributed by atoms with E-state index < -0.39 is 6.45 Å². The Morgan fingerprint density at radius 3 is 1.75 bits per heavy atom. The van der Waals surface area contributed by atoms with Gasteiger partial charge in [0.1, 0.15) is 0 Å². The predicted octanol–water partition coefficient (Wildman–Crippen LogP) is 4.43. The second-order valence-electron chi connectivity index (χ2n) is 4.73. The van der Waals surface area contributed by atoms with Gasteiger partial charge in [0, 0.05) is 0 Å². The van der Waals surface area contributed by atoms with E-state index in [2.05, 4.69) is 37.9 Å². The first-order valence-electron chi connectivity index (χ1n) is 5.66. The molecule has 0 spiro atoms. The van der Waals surface area contributed by atoms with Gasteiger partial charge in [0.05, 0.1) is 0 Å². The minimum atomic E-state index is -0.737. The standard InChI is InChI=1S/C6H6.C5H5.C3H9Si.V/c1-2-4-6-5-3-1;1-2-4-5-3-1;1-4(2)3;/h1-6H;1-3H,4H2;1-3H3;. The third-order valence-electron chi connectivity index (χ3n) is 1.90. The van der Waals surface area contributed by atoms with Crippen LogP contribution in [-0.2, 0) is 15.6 Å². The number of hydrogen-bond donors (Lipinski definition) is 0. The van der Waals surface area contributed by atoms with Crippen molar-refractivity contribution in [3.05, 3.63) is 58.9 Å². The summed E-state index contributed by atoms with van der Waals surface area (Å²) in [5.74, 6) is 0. The Morgan fingerprint density at radius 1 is 0.938 bits per heavy atom. The van der Waals surface area contributed by atoms with Gasteiger partial charge in [-0.2, -0.15) is 0 Å². The molecule has 0 amide bonds. The van der Waals surface area contributed by atoms with Crippen molar-refractivity contribution in [3.63, 3.8) is 0 Å². The zero-order valence-corrected chi connectivity index (χ0v) is 12.7. The molecule has 1 aromatic rings. The van der Waals surface area contributed by atoms with Gasteiger partial charge < -0.3 is 0 Å². The van der Waals surface area contributed by atoms with Crippen molar-refractivity contribution in [2.24, 2.45) is 0 Å². The van der Waals surface area contributed by atoms with E-state index in [-0.39, 0.29) is 0 Å². The van der Waals surface area contributed by atoms with Crippen molar-refractivity contribution >= 4 is 6.45 Å². The molecule has 0 unspecified atom stereocenters. The molecule has 0 atom stereocenters. The van der Waals surface area contributed by atoms with Crippen LogP contribution in [0.5, 0.6) is 0 Å². The van der Waals surface area contributed by atoms with Crippen LogP contribution in [-0.4, -0.2) is 6.45 Å². The molecule has 0 N–H and O–H groups in total. The van der Waals surface area contributed by atoms with Crippen LogP contribution < -0.4 is 0 Å². The third kappa shape index (κ3) is 6.89. The van der Waals surface area contributed by atoms with Gasteiger partial charge in [0.2, 0.25) is 0 Å². The summed E-state index contributed by atoms with van der Waals surface area (Å²) in [6, 6.07) is 12.0. The van der Waals surface area contributed by atoms with Gasteiger partial charge in [-0.3, -0.25) is 0 Å². The smallest absolute Gasteiger partial charge is 0.0623 e. The van der Waals surface area contributed by atoms with Gasteiger partial charge in [0.15, 0.2) is 0 Å². The van der Waals surface area contributed by atoms with E-state index in [4.69, 9.17) is 0 Å². The maximum atomic E-state index is 2.46. The molecule has 0 aliphatic heterocycles. The van der Waals surface area contributed by atoms with Gasteiger partial charge in [-0.1, -0.05) is 36.4 Å². The third-order valence-corrected chi connectivity index (χ3v) is 7.86. The first kappa shape index (κ1) is 13.6. The van der Waals surface area contributed by atoms with Crippen molar-refractivity contribution in [3.8, 4) is 0 Å². The van der Waals surface area contributed by atoms with Crippen molar-refractivity contribution in [2.45, 2.75) is 26.1 Å². The molecule has 0 nitrogen and oxygen atoms in total. The SMILES string of the molecule is C[Si](C)(C)[V][C]1=CC=CC1.c1ccccc1. The van der Waals surface area contributed by atoms with E-state index in [0.717, 1.165) is 0 Å². The molecular formula is C14H20SiV. The maximum absolute atomic E-state index is 2.46. The minimum absolute atomic E-state index is 0.557.